The van der Waals surface area contributed by atoms with Gasteiger partial charge in [0.25, 0.3) is 17.7 Å². The fourth-order valence-corrected chi connectivity index (χ4v) is 9.01. The van der Waals surface area contributed by atoms with E-state index in [-0.39, 0.29) is 36.3 Å². The summed E-state index contributed by atoms with van der Waals surface area (Å²) in [6, 6.07) is 16.3. The molecule has 0 bridgehead atoms. The van der Waals surface area contributed by atoms with Crippen LogP contribution in [0.1, 0.15) is 101 Å². The van der Waals surface area contributed by atoms with E-state index in [2.05, 4.69) is 20.6 Å². The molecule has 6 heterocycles. The van der Waals surface area contributed by atoms with Crippen LogP contribution in [0.4, 0.5) is 11.6 Å². The second kappa shape index (κ2) is 16.6. The van der Waals surface area contributed by atoms with E-state index in [4.69, 9.17) is 10.7 Å². The lowest BCUT2D eigenvalue weighted by Crippen LogP contribution is -2.54. The van der Waals surface area contributed by atoms with Crippen LogP contribution < -0.4 is 16.4 Å². The Balaban J connectivity index is 0.855. The molecule has 296 valence electrons. The number of pyridine rings is 1. The Morgan fingerprint density at radius 3 is 2.50 bits per heavy atom. The number of unbranched alkanes of at least 4 members (excludes halogenated alkanes) is 3. The number of amides is 6. The highest BCUT2D eigenvalue weighted by atomic mass is 32.2. The van der Waals surface area contributed by atoms with Crippen molar-refractivity contribution in [3.05, 3.63) is 102 Å². The number of nitrogen functional groups attached to an aromatic ring is 1. The van der Waals surface area contributed by atoms with Crippen LogP contribution in [0.15, 0.2) is 84.1 Å². The van der Waals surface area contributed by atoms with Crippen LogP contribution >= 0.6 is 11.8 Å². The molecule has 2 aromatic carbocycles. The van der Waals surface area contributed by atoms with Gasteiger partial charge in [0, 0.05) is 54.0 Å². The molecule has 8 rings (SSSR count). The molecule has 0 spiro atoms. The van der Waals surface area contributed by atoms with Crippen molar-refractivity contribution in [2.75, 3.05) is 23.3 Å². The summed E-state index contributed by atoms with van der Waals surface area (Å²) in [5.41, 5.74) is 9.48. The maximum absolute atomic E-state index is 13.7. The van der Waals surface area contributed by atoms with E-state index in [9.17, 15) is 28.8 Å². The number of carbonyl (C=O) groups is 6. The lowest BCUT2D eigenvalue weighted by molar-refractivity contribution is -0.136. The largest absolute Gasteiger partial charge is 0.382 e. The number of imidazole rings is 1. The molecule has 3 aliphatic rings. The Morgan fingerprint density at radius 2 is 1.71 bits per heavy atom. The number of anilines is 2. The molecule has 4 N–H and O–H groups in total. The third-order valence-electron chi connectivity index (χ3n) is 10.8. The van der Waals surface area contributed by atoms with Gasteiger partial charge in [-0.1, -0.05) is 37.1 Å². The van der Waals surface area contributed by atoms with Gasteiger partial charge in [-0.05, 0) is 74.3 Å². The van der Waals surface area contributed by atoms with Gasteiger partial charge < -0.3 is 16.0 Å². The number of piperidine rings is 1. The molecule has 5 aromatic rings. The number of hydrogen-bond acceptors (Lipinski definition) is 11. The van der Waals surface area contributed by atoms with Crippen LogP contribution in [-0.4, -0.2) is 82.9 Å². The SMILES string of the molecule is Nc1nccn2c([C@@H]3CCCN3C(=O)CCCCCCSc3cccc4c3C(=O)N(C3CCC(=O)NC3=O)C4=O)nc(-c3ccc(C(=O)Nc4ccccn4)cc3)c12. The predicted molar refractivity (Wildman–Crippen MR) is 216 cm³/mol. The number of carbonyl (C=O) groups excluding carboxylic acids is 6. The number of aromatic nitrogens is 4. The number of benzene rings is 2. The zero-order valence-electron chi connectivity index (χ0n) is 31.6. The topological polar surface area (TPSA) is 202 Å². The minimum absolute atomic E-state index is 0.0698. The molecule has 58 heavy (non-hydrogen) atoms. The Hall–Kier alpha value is -6.42. The van der Waals surface area contributed by atoms with E-state index in [1.165, 1.54) is 11.8 Å². The van der Waals surface area contributed by atoms with Crippen molar-refractivity contribution in [2.45, 2.75) is 74.8 Å². The van der Waals surface area contributed by atoms with E-state index < -0.39 is 29.7 Å². The predicted octanol–water partition coefficient (Wildman–Crippen LogP) is 5.43. The van der Waals surface area contributed by atoms with Crippen molar-refractivity contribution in [3.8, 4) is 11.3 Å². The molecule has 0 saturated carbocycles. The van der Waals surface area contributed by atoms with Crippen LogP contribution in [0, 0.1) is 0 Å². The van der Waals surface area contributed by atoms with E-state index in [0.29, 0.717) is 63.4 Å². The average Bonchev–Trinajstić information content (AvgIpc) is 3.93. The Labute approximate surface area is 337 Å². The summed E-state index contributed by atoms with van der Waals surface area (Å²) in [6.07, 6.45) is 10.6. The standard InChI is InChI=1S/C42H41N9O6S/c43-37-36-35(25-14-16-26(17-15-25)39(54)46-31-12-4-5-20-44-31)48-38(50(36)23-21-45-37)28-10-8-22-49(28)33(53)13-3-1-2-6-24-58-30-11-7-9-27-34(30)42(57)51(41(27)56)29-18-19-32(52)47-40(29)55/h4-5,7,9,11-12,14-17,20-21,23,28-29H,1-3,6,8,10,13,18-19,22,24H2,(H2,43,45)(H,44,46,54)(H,47,52,55)/t28-,29?/m0/s1. The molecular weight excluding hydrogens is 759 g/mol. The maximum atomic E-state index is 13.7. The summed E-state index contributed by atoms with van der Waals surface area (Å²) in [6.45, 7) is 0.634. The molecule has 16 heteroatoms. The van der Waals surface area contributed by atoms with Crippen molar-refractivity contribution in [3.63, 3.8) is 0 Å². The van der Waals surface area contributed by atoms with Gasteiger partial charge in [0.2, 0.25) is 17.7 Å². The van der Waals surface area contributed by atoms with E-state index in [1.807, 2.05) is 33.7 Å². The molecule has 0 radical (unpaired) electrons. The van der Waals surface area contributed by atoms with Gasteiger partial charge in [-0.15, -0.1) is 11.8 Å². The highest BCUT2D eigenvalue weighted by Gasteiger charge is 2.45. The molecule has 3 aromatic heterocycles. The van der Waals surface area contributed by atoms with Gasteiger partial charge in [-0.2, -0.15) is 0 Å². The molecule has 6 amide bonds. The van der Waals surface area contributed by atoms with Gasteiger partial charge in [0.15, 0.2) is 0 Å². The van der Waals surface area contributed by atoms with Crippen LogP contribution in [-0.2, 0) is 14.4 Å². The summed E-state index contributed by atoms with van der Waals surface area (Å²) < 4.78 is 1.92. The Morgan fingerprint density at radius 1 is 0.879 bits per heavy atom. The summed E-state index contributed by atoms with van der Waals surface area (Å²) in [4.78, 5) is 94.3. The molecule has 0 aliphatic carbocycles. The highest BCUT2D eigenvalue weighted by molar-refractivity contribution is 7.99. The van der Waals surface area contributed by atoms with Crippen molar-refractivity contribution < 1.29 is 28.8 Å². The molecule has 3 aliphatic heterocycles. The second-order valence-corrected chi connectivity index (χ2v) is 15.6. The molecule has 2 saturated heterocycles. The van der Waals surface area contributed by atoms with Crippen LogP contribution in [0.2, 0.25) is 0 Å². The molecule has 2 fully saturated rings. The summed E-state index contributed by atoms with van der Waals surface area (Å²) in [5.74, 6) is -0.0696. The fourth-order valence-electron chi connectivity index (χ4n) is 7.92. The third-order valence-corrected chi connectivity index (χ3v) is 11.9. The summed E-state index contributed by atoms with van der Waals surface area (Å²) in [5, 5.41) is 5.02. The lowest BCUT2D eigenvalue weighted by atomic mass is 10.0. The smallest absolute Gasteiger partial charge is 0.263 e. The van der Waals surface area contributed by atoms with Crippen LogP contribution in [0.25, 0.3) is 16.8 Å². The zero-order chi connectivity index (χ0) is 40.3. The number of thioether (sulfide) groups is 1. The summed E-state index contributed by atoms with van der Waals surface area (Å²) >= 11 is 1.50. The number of likely N-dealkylation sites (tertiary alicyclic amines) is 1. The van der Waals surface area contributed by atoms with Crippen molar-refractivity contribution in [1.29, 1.82) is 0 Å². The van der Waals surface area contributed by atoms with Crippen LogP contribution in [0.3, 0.4) is 0 Å². The number of hydrogen-bond donors (Lipinski definition) is 3. The molecule has 1 unspecified atom stereocenters. The van der Waals surface area contributed by atoms with E-state index in [1.54, 1.807) is 54.9 Å². The number of nitrogens with zero attached hydrogens (tertiary/aromatic N) is 6. The highest BCUT2D eigenvalue weighted by Crippen LogP contribution is 2.38. The first-order chi connectivity index (χ1) is 28.2. The maximum Gasteiger partial charge on any atom is 0.263 e. The molecule has 15 nitrogen and oxygen atoms in total. The van der Waals surface area contributed by atoms with Crippen LogP contribution in [0.5, 0.6) is 0 Å². The number of imide groups is 2. The molecule has 2 atom stereocenters. The molecular formula is C42H41N9O6S. The van der Waals surface area contributed by atoms with Gasteiger partial charge in [0.1, 0.15) is 34.7 Å². The average molecular weight is 800 g/mol. The Kier molecular flexibility index (Phi) is 11.0. The van der Waals surface area contributed by atoms with Gasteiger partial charge >= 0.3 is 0 Å². The van der Waals surface area contributed by atoms with Gasteiger partial charge in [-0.25, -0.2) is 15.0 Å². The van der Waals surface area contributed by atoms with Crippen molar-refractivity contribution in [1.82, 2.24) is 34.5 Å². The second-order valence-electron chi connectivity index (χ2n) is 14.5. The Bertz CT molecular complexity index is 2440. The first-order valence-electron chi connectivity index (χ1n) is 19.4. The minimum Gasteiger partial charge on any atom is -0.382 e. The van der Waals surface area contributed by atoms with Gasteiger partial charge in [-0.3, -0.25) is 43.4 Å². The monoisotopic (exact) mass is 799 g/mol. The first-order valence-corrected chi connectivity index (χ1v) is 20.4. The number of nitrogens with one attached hydrogen (secondary N) is 2. The zero-order valence-corrected chi connectivity index (χ0v) is 32.4. The number of fused-ring (bicyclic) bond motifs is 2. The van der Waals surface area contributed by atoms with E-state index in [0.717, 1.165) is 49.0 Å². The number of rotatable bonds is 13. The number of nitrogens with two attached hydrogens (primary N) is 1. The van der Waals surface area contributed by atoms with E-state index >= 15 is 0 Å². The minimum atomic E-state index is -1.00. The first kappa shape index (κ1) is 38.5. The normalized spacial score (nSPS) is 17.9. The van der Waals surface area contributed by atoms with Crippen molar-refractivity contribution in [2.24, 2.45) is 0 Å². The fraction of sp³-hybridized carbons (Fsp3) is 0.310. The summed E-state index contributed by atoms with van der Waals surface area (Å²) in [7, 11) is 0. The quantitative estimate of drug-likeness (QED) is 0.0779. The van der Waals surface area contributed by atoms with Gasteiger partial charge in [0.05, 0.1) is 17.2 Å². The lowest BCUT2D eigenvalue weighted by Gasteiger charge is -2.27. The third kappa shape index (κ3) is 7.54. The van der Waals surface area contributed by atoms with Crippen molar-refractivity contribution >= 4 is 64.4 Å².